The molecule has 6 aliphatic heterocycles. The molecule has 44 heavy (non-hydrogen) atoms. The first-order valence-electron chi connectivity index (χ1n) is 18.4. The number of halogens is 2. The molecule has 6 heterocycles. The van der Waals surface area contributed by atoms with Gasteiger partial charge in [-0.1, -0.05) is 39.5 Å². The standard InChI is InChI=1S/C36H62I2N4O2/c1-3-5-7-9-19-41-21-15-39(16-22-41)31(29-41)13-11-25-43-35-27-34(38)36(28-33(35)37)44-26-12-14-32-30-42(20-10-8-6-4-2)23-17-40(32)18-24-42/h27-28,31-32H,3-26,29-30H2,1-2H3/q+2. The van der Waals surface area contributed by atoms with Gasteiger partial charge in [0.15, 0.2) is 0 Å². The highest BCUT2D eigenvalue weighted by molar-refractivity contribution is 14.1. The van der Waals surface area contributed by atoms with Crippen LogP contribution in [0.15, 0.2) is 12.1 Å². The molecule has 7 rings (SSSR count). The minimum absolute atomic E-state index is 0.748. The molecule has 2 atom stereocenters. The van der Waals surface area contributed by atoms with Gasteiger partial charge in [-0.05, 0) is 109 Å². The zero-order valence-corrected chi connectivity index (χ0v) is 32.4. The second-order valence-electron chi connectivity index (χ2n) is 14.6. The molecule has 1 aromatic carbocycles. The maximum absolute atomic E-state index is 6.35. The van der Waals surface area contributed by atoms with Gasteiger partial charge in [0.25, 0.3) is 0 Å². The third-order valence-corrected chi connectivity index (χ3v) is 13.2. The molecule has 0 radical (unpaired) electrons. The molecule has 4 bridgehead atoms. The molecule has 0 aliphatic carbocycles. The Morgan fingerprint density at radius 1 is 0.614 bits per heavy atom. The van der Waals surface area contributed by atoms with Gasteiger partial charge in [0.1, 0.15) is 11.5 Å². The van der Waals surface area contributed by atoms with E-state index in [-0.39, 0.29) is 0 Å². The Morgan fingerprint density at radius 3 is 1.41 bits per heavy atom. The highest BCUT2D eigenvalue weighted by Gasteiger charge is 2.44. The minimum atomic E-state index is 0.748. The van der Waals surface area contributed by atoms with Crippen molar-refractivity contribution in [3.8, 4) is 11.5 Å². The van der Waals surface area contributed by atoms with Crippen LogP contribution in [-0.2, 0) is 0 Å². The summed E-state index contributed by atoms with van der Waals surface area (Å²) in [6, 6.07) is 5.88. The fourth-order valence-electron chi connectivity index (χ4n) is 8.69. The number of piperazine rings is 6. The van der Waals surface area contributed by atoms with Crippen LogP contribution in [0.5, 0.6) is 11.5 Å². The van der Waals surface area contributed by atoms with Crippen molar-refractivity contribution in [3.63, 3.8) is 0 Å². The minimum Gasteiger partial charge on any atom is -0.492 e. The third-order valence-electron chi connectivity index (χ3n) is 11.5. The number of ether oxygens (including phenoxy) is 2. The van der Waals surface area contributed by atoms with Crippen LogP contribution in [0.3, 0.4) is 0 Å². The first kappa shape index (κ1) is 35.4. The van der Waals surface area contributed by atoms with Crippen molar-refractivity contribution in [3.05, 3.63) is 19.3 Å². The lowest BCUT2D eigenvalue weighted by molar-refractivity contribution is -0.944. The number of hydrogen-bond acceptors (Lipinski definition) is 4. The Hall–Kier alpha value is 0.120. The Kier molecular flexibility index (Phi) is 14.1. The van der Waals surface area contributed by atoms with Crippen molar-refractivity contribution in [2.24, 2.45) is 0 Å². The van der Waals surface area contributed by atoms with Gasteiger partial charge in [0, 0.05) is 26.2 Å². The summed E-state index contributed by atoms with van der Waals surface area (Å²) in [6.45, 7) is 22.5. The van der Waals surface area contributed by atoms with E-state index >= 15 is 0 Å². The molecule has 0 amide bonds. The number of fused-ring (bicyclic) bond motifs is 6. The van der Waals surface area contributed by atoms with E-state index in [1.807, 2.05) is 0 Å². The summed E-state index contributed by atoms with van der Waals surface area (Å²) < 4.78 is 17.8. The summed E-state index contributed by atoms with van der Waals surface area (Å²) in [4.78, 5) is 5.54. The Morgan fingerprint density at radius 2 is 1.02 bits per heavy atom. The lowest BCUT2D eigenvalue weighted by Gasteiger charge is -2.54. The van der Waals surface area contributed by atoms with Gasteiger partial charge in [0.05, 0.1) is 84.8 Å². The average molecular weight is 837 g/mol. The van der Waals surface area contributed by atoms with Crippen molar-refractivity contribution in [1.29, 1.82) is 0 Å². The van der Waals surface area contributed by atoms with Crippen LogP contribution in [0.25, 0.3) is 0 Å². The van der Waals surface area contributed by atoms with Crippen LogP contribution in [0, 0.1) is 7.14 Å². The molecule has 0 saturated carbocycles. The third kappa shape index (κ3) is 9.60. The molecule has 0 aromatic heterocycles. The van der Waals surface area contributed by atoms with Crippen molar-refractivity contribution < 1.29 is 18.4 Å². The van der Waals surface area contributed by atoms with E-state index in [4.69, 9.17) is 9.47 Å². The first-order valence-corrected chi connectivity index (χ1v) is 20.5. The van der Waals surface area contributed by atoms with Gasteiger partial charge in [-0.2, -0.15) is 0 Å². The highest BCUT2D eigenvalue weighted by atomic mass is 127. The summed E-state index contributed by atoms with van der Waals surface area (Å²) in [6.07, 6.45) is 15.9. The number of unbranched alkanes of at least 4 members (excludes halogenated alkanes) is 6. The summed E-state index contributed by atoms with van der Waals surface area (Å²) in [7, 11) is 0. The number of benzene rings is 1. The largest absolute Gasteiger partial charge is 0.492 e. The SMILES string of the molecule is CCCCCC[N+]12CCN(CC1)C(CCCOc1cc(I)c(OCCCC3C[N+]4(CCCCCC)CCN3CC4)cc1I)C2. The lowest BCUT2D eigenvalue weighted by atomic mass is 9.99. The number of hydrogen-bond donors (Lipinski definition) is 0. The molecule has 6 aliphatic rings. The molecular formula is C36H62I2N4O2+2. The van der Waals surface area contributed by atoms with Crippen LogP contribution in [0.2, 0.25) is 0 Å². The van der Waals surface area contributed by atoms with E-state index in [9.17, 15) is 0 Å². The summed E-state index contributed by atoms with van der Waals surface area (Å²) in [5, 5.41) is 0. The molecule has 250 valence electrons. The molecule has 6 saturated heterocycles. The van der Waals surface area contributed by atoms with E-state index in [1.54, 1.807) is 0 Å². The quantitative estimate of drug-likeness (QED) is 0.0778. The van der Waals surface area contributed by atoms with Crippen molar-refractivity contribution >= 4 is 45.2 Å². The molecule has 6 nitrogen and oxygen atoms in total. The molecule has 8 heteroatoms. The van der Waals surface area contributed by atoms with E-state index in [0.29, 0.717) is 0 Å². The Bertz CT molecular complexity index is 930. The van der Waals surface area contributed by atoms with Crippen molar-refractivity contribution in [2.45, 2.75) is 103 Å². The van der Waals surface area contributed by atoms with Crippen molar-refractivity contribution in [2.75, 3.05) is 91.8 Å². The van der Waals surface area contributed by atoms with Gasteiger partial charge in [-0.3, -0.25) is 9.80 Å². The predicted octanol–water partition coefficient (Wildman–Crippen LogP) is 7.40. The monoisotopic (exact) mass is 836 g/mol. The molecule has 6 fully saturated rings. The zero-order chi connectivity index (χ0) is 30.8. The molecule has 0 spiro atoms. The lowest BCUT2D eigenvalue weighted by Crippen LogP contribution is -2.71. The fraction of sp³-hybridized carbons (Fsp3) is 0.833. The van der Waals surface area contributed by atoms with Crippen LogP contribution >= 0.6 is 45.2 Å². The maximum atomic E-state index is 6.35. The van der Waals surface area contributed by atoms with Gasteiger partial charge in [-0.25, -0.2) is 0 Å². The second-order valence-corrected chi connectivity index (χ2v) is 16.9. The molecular weight excluding hydrogens is 774 g/mol. The van der Waals surface area contributed by atoms with Gasteiger partial charge in [0.2, 0.25) is 0 Å². The van der Waals surface area contributed by atoms with E-state index in [0.717, 1.165) is 49.6 Å². The second kappa shape index (κ2) is 17.5. The molecule has 1 aromatic rings. The van der Waals surface area contributed by atoms with Crippen LogP contribution < -0.4 is 9.47 Å². The van der Waals surface area contributed by atoms with Crippen molar-refractivity contribution in [1.82, 2.24) is 9.80 Å². The highest BCUT2D eigenvalue weighted by Crippen LogP contribution is 2.33. The van der Waals surface area contributed by atoms with Crippen LogP contribution in [-0.4, -0.2) is 123 Å². The van der Waals surface area contributed by atoms with Crippen LogP contribution in [0.4, 0.5) is 0 Å². The number of quaternary nitrogens is 2. The van der Waals surface area contributed by atoms with Gasteiger partial charge < -0.3 is 18.4 Å². The van der Waals surface area contributed by atoms with E-state index < -0.39 is 0 Å². The average Bonchev–Trinajstić information content (AvgIpc) is 3.05. The summed E-state index contributed by atoms with van der Waals surface area (Å²) >= 11 is 4.86. The van der Waals surface area contributed by atoms with E-state index in [1.165, 1.54) is 159 Å². The smallest absolute Gasteiger partial charge is 0.133 e. The van der Waals surface area contributed by atoms with Gasteiger partial charge in [-0.15, -0.1) is 0 Å². The summed E-state index contributed by atoms with van der Waals surface area (Å²) in [5.41, 5.74) is 0. The number of rotatable bonds is 20. The Balaban J connectivity index is 1.00. The molecule has 0 N–H and O–H groups in total. The predicted molar refractivity (Wildman–Crippen MR) is 200 cm³/mol. The Labute approximate surface area is 297 Å². The van der Waals surface area contributed by atoms with E-state index in [2.05, 4.69) is 81.0 Å². The zero-order valence-electron chi connectivity index (χ0n) is 28.1. The fourth-order valence-corrected chi connectivity index (χ4v) is 9.88. The summed E-state index contributed by atoms with van der Waals surface area (Å²) in [5.74, 6) is 2.04. The van der Waals surface area contributed by atoms with Crippen LogP contribution in [0.1, 0.15) is 90.9 Å². The number of nitrogens with zero attached hydrogens (tertiary/aromatic N) is 4. The first-order chi connectivity index (χ1) is 21.4. The topological polar surface area (TPSA) is 24.9 Å². The molecule has 2 unspecified atom stereocenters. The maximum Gasteiger partial charge on any atom is 0.133 e. The van der Waals surface area contributed by atoms with Gasteiger partial charge >= 0.3 is 0 Å². The normalized spacial score (nSPS) is 31.0.